The highest BCUT2D eigenvalue weighted by Crippen LogP contribution is 2.39. The summed E-state index contributed by atoms with van der Waals surface area (Å²) in [5.74, 6) is 1.73. The average Bonchev–Trinajstić information content (AvgIpc) is 2.26. The van der Waals surface area contributed by atoms with Gasteiger partial charge in [0, 0.05) is 0 Å². The molecule has 0 bridgehead atoms. The third kappa shape index (κ3) is 7.30. The first-order valence-electron chi connectivity index (χ1n) is 7.40. The maximum absolute atomic E-state index is 2.36. The molecule has 0 nitrogen and oxygen atoms in total. The van der Waals surface area contributed by atoms with Gasteiger partial charge in [-0.15, -0.1) is 0 Å². The number of hydrogen-bond donors (Lipinski definition) is 0. The first-order valence-corrected chi connectivity index (χ1v) is 7.40. The fourth-order valence-electron chi connectivity index (χ4n) is 2.21. The fourth-order valence-corrected chi connectivity index (χ4v) is 2.21. The van der Waals surface area contributed by atoms with Gasteiger partial charge in [-0.2, -0.15) is 0 Å². The van der Waals surface area contributed by atoms with Crippen molar-refractivity contribution in [2.45, 2.75) is 87.5 Å². The molecule has 0 atom stereocenters. The molecule has 0 rings (SSSR count). The standard InChI is InChI=1S/C11H24.C5H12/c1-6-9-11(7-2,8-3)10(4)5;1-4-5(2)3/h10H,6-9H2,1-5H3;5H,4H2,1-3H3. The highest BCUT2D eigenvalue weighted by molar-refractivity contribution is 4.78. The second kappa shape index (κ2) is 10.2. The monoisotopic (exact) mass is 228 g/mol. The Morgan fingerprint density at radius 3 is 1.25 bits per heavy atom. The molecular weight excluding hydrogens is 192 g/mol. The van der Waals surface area contributed by atoms with E-state index in [0.717, 1.165) is 11.8 Å². The van der Waals surface area contributed by atoms with Crippen LogP contribution in [0.25, 0.3) is 0 Å². The Hall–Kier alpha value is 0. The number of rotatable bonds is 6. The third-order valence-electron chi connectivity index (χ3n) is 4.20. The van der Waals surface area contributed by atoms with Crippen molar-refractivity contribution in [1.29, 1.82) is 0 Å². The van der Waals surface area contributed by atoms with E-state index in [9.17, 15) is 0 Å². The lowest BCUT2D eigenvalue weighted by molar-refractivity contribution is 0.152. The Morgan fingerprint density at radius 2 is 1.19 bits per heavy atom. The summed E-state index contributed by atoms with van der Waals surface area (Å²) in [6, 6.07) is 0. The Bertz CT molecular complexity index is 129. The van der Waals surface area contributed by atoms with Gasteiger partial charge in [-0.3, -0.25) is 0 Å². The van der Waals surface area contributed by atoms with Crippen molar-refractivity contribution in [3.05, 3.63) is 0 Å². The molecule has 0 aromatic rings. The molecule has 0 aromatic carbocycles. The molecule has 0 spiro atoms. The summed E-state index contributed by atoms with van der Waals surface area (Å²) < 4.78 is 0. The van der Waals surface area contributed by atoms with Gasteiger partial charge in [-0.1, -0.05) is 81.1 Å². The van der Waals surface area contributed by atoms with E-state index < -0.39 is 0 Å². The normalized spacial score (nSPS) is 11.6. The maximum Gasteiger partial charge on any atom is -0.0280 e. The Balaban J connectivity index is 0. The minimum absolute atomic E-state index is 0.634. The van der Waals surface area contributed by atoms with Crippen LogP contribution in [0.1, 0.15) is 87.5 Å². The molecule has 0 amide bonds. The summed E-state index contributed by atoms with van der Waals surface area (Å²) in [5.41, 5.74) is 0.634. The van der Waals surface area contributed by atoms with Gasteiger partial charge in [0.2, 0.25) is 0 Å². The van der Waals surface area contributed by atoms with Gasteiger partial charge in [0.15, 0.2) is 0 Å². The molecule has 0 aliphatic heterocycles. The van der Waals surface area contributed by atoms with Crippen LogP contribution < -0.4 is 0 Å². The smallest absolute Gasteiger partial charge is 0.0280 e. The molecule has 0 saturated heterocycles. The van der Waals surface area contributed by atoms with Crippen LogP contribution in [0.4, 0.5) is 0 Å². The quantitative estimate of drug-likeness (QED) is 0.500. The second-order valence-electron chi connectivity index (χ2n) is 5.78. The summed E-state index contributed by atoms with van der Waals surface area (Å²) in [6.45, 7) is 18.3. The molecule has 100 valence electrons. The average molecular weight is 228 g/mol. The van der Waals surface area contributed by atoms with E-state index in [1.165, 1.54) is 32.1 Å². The van der Waals surface area contributed by atoms with E-state index in [2.05, 4.69) is 55.4 Å². The van der Waals surface area contributed by atoms with Crippen molar-refractivity contribution in [3.63, 3.8) is 0 Å². The summed E-state index contributed by atoms with van der Waals surface area (Å²) >= 11 is 0. The van der Waals surface area contributed by atoms with Crippen LogP contribution in [0.15, 0.2) is 0 Å². The van der Waals surface area contributed by atoms with Crippen LogP contribution >= 0.6 is 0 Å². The molecule has 0 unspecified atom stereocenters. The Morgan fingerprint density at radius 1 is 0.812 bits per heavy atom. The van der Waals surface area contributed by atoms with E-state index in [1.807, 2.05) is 0 Å². The molecule has 0 aromatic heterocycles. The molecule has 0 N–H and O–H groups in total. The van der Waals surface area contributed by atoms with Crippen LogP contribution in [-0.4, -0.2) is 0 Å². The first-order chi connectivity index (χ1) is 7.40. The molecule has 16 heavy (non-hydrogen) atoms. The molecular formula is C16H36. The van der Waals surface area contributed by atoms with Crippen LogP contribution in [0, 0.1) is 17.3 Å². The lowest BCUT2D eigenvalue weighted by Gasteiger charge is -2.35. The molecule has 0 aliphatic rings. The molecule has 0 saturated carbocycles. The van der Waals surface area contributed by atoms with Crippen molar-refractivity contribution < 1.29 is 0 Å². The van der Waals surface area contributed by atoms with Gasteiger partial charge in [-0.25, -0.2) is 0 Å². The lowest BCUT2D eigenvalue weighted by Crippen LogP contribution is -2.25. The summed E-state index contributed by atoms with van der Waals surface area (Å²) in [5, 5.41) is 0. The van der Waals surface area contributed by atoms with Crippen LogP contribution in [0.2, 0.25) is 0 Å². The summed E-state index contributed by atoms with van der Waals surface area (Å²) in [6.07, 6.45) is 6.72. The largest absolute Gasteiger partial charge is 0.0654 e. The van der Waals surface area contributed by atoms with E-state index >= 15 is 0 Å². The van der Waals surface area contributed by atoms with Crippen molar-refractivity contribution in [3.8, 4) is 0 Å². The van der Waals surface area contributed by atoms with E-state index in [4.69, 9.17) is 0 Å². The molecule has 0 radical (unpaired) electrons. The first kappa shape index (κ1) is 18.4. The van der Waals surface area contributed by atoms with Crippen molar-refractivity contribution in [1.82, 2.24) is 0 Å². The van der Waals surface area contributed by atoms with Gasteiger partial charge in [0.25, 0.3) is 0 Å². The minimum Gasteiger partial charge on any atom is -0.0654 e. The molecule has 0 fully saturated rings. The third-order valence-corrected chi connectivity index (χ3v) is 4.20. The summed E-state index contributed by atoms with van der Waals surface area (Å²) in [7, 11) is 0. The van der Waals surface area contributed by atoms with Gasteiger partial charge in [-0.05, 0) is 23.7 Å². The van der Waals surface area contributed by atoms with Crippen LogP contribution in [-0.2, 0) is 0 Å². The zero-order valence-electron chi connectivity index (χ0n) is 13.2. The Kier molecular flexibility index (Phi) is 11.7. The van der Waals surface area contributed by atoms with Crippen LogP contribution in [0.5, 0.6) is 0 Å². The zero-order chi connectivity index (χ0) is 13.2. The van der Waals surface area contributed by atoms with Gasteiger partial charge < -0.3 is 0 Å². The highest BCUT2D eigenvalue weighted by atomic mass is 14.3. The van der Waals surface area contributed by atoms with Crippen molar-refractivity contribution >= 4 is 0 Å². The predicted octanol–water partition coefficient (Wildman–Crippen LogP) is 6.30. The maximum atomic E-state index is 2.36. The van der Waals surface area contributed by atoms with Crippen LogP contribution in [0.3, 0.4) is 0 Å². The minimum atomic E-state index is 0.634. The van der Waals surface area contributed by atoms with Gasteiger partial charge in [0.05, 0.1) is 0 Å². The fraction of sp³-hybridized carbons (Fsp3) is 1.00. The number of hydrogen-bond acceptors (Lipinski definition) is 0. The molecule has 0 heteroatoms. The van der Waals surface area contributed by atoms with E-state index in [1.54, 1.807) is 0 Å². The zero-order valence-corrected chi connectivity index (χ0v) is 13.2. The molecule has 0 aliphatic carbocycles. The van der Waals surface area contributed by atoms with E-state index in [0.29, 0.717) is 5.41 Å². The van der Waals surface area contributed by atoms with Gasteiger partial charge >= 0.3 is 0 Å². The SMILES string of the molecule is CCC(C)C.CCCC(CC)(CC)C(C)C. The summed E-state index contributed by atoms with van der Waals surface area (Å²) in [4.78, 5) is 0. The van der Waals surface area contributed by atoms with Crippen molar-refractivity contribution in [2.75, 3.05) is 0 Å². The highest BCUT2D eigenvalue weighted by Gasteiger charge is 2.28. The topological polar surface area (TPSA) is 0 Å². The molecule has 0 heterocycles. The second-order valence-corrected chi connectivity index (χ2v) is 5.78. The lowest BCUT2D eigenvalue weighted by atomic mass is 9.70. The van der Waals surface area contributed by atoms with Crippen molar-refractivity contribution in [2.24, 2.45) is 17.3 Å². The van der Waals surface area contributed by atoms with Gasteiger partial charge in [0.1, 0.15) is 0 Å². The predicted molar refractivity (Wildman–Crippen MR) is 77.9 cm³/mol. The van der Waals surface area contributed by atoms with E-state index in [-0.39, 0.29) is 0 Å². The Labute approximate surface area is 105 Å².